The van der Waals surface area contributed by atoms with Crippen molar-refractivity contribution in [2.24, 2.45) is 5.92 Å². The Bertz CT molecular complexity index is 149. The van der Waals surface area contributed by atoms with Crippen LogP contribution < -0.4 is 0 Å². The maximum absolute atomic E-state index is 2.39. The van der Waals surface area contributed by atoms with Crippen molar-refractivity contribution in [3.8, 4) is 0 Å². The molecule has 1 aliphatic carbocycles. The highest BCUT2D eigenvalue weighted by Gasteiger charge is 2.27. The van der Waals surface area contributed by atoms with Gasteiger partial charge in [0, 0.05) is 0 Å². The van der Waals surface area contributed by atoms with Crippen LogP contribution >= 0.6 is 0 Å². The summed E-state index contributed by atoms with van der Waals surface area (Å²) in [6, 6.07) is 0. The molecular weight excluding hydrogens is 131 g/mol. The molecule has 0 saturated carbocycles. The van der Waals surface area contributed by atoms with Gasteiger partial charge in [-0.3, -0.25) is 0 Å². The van der Waals surface area contributed by atoms with E-state index in [9.17, 15) is 0 Å². The predicted octanol–water partition coefficient (Wildman–Crippen LogP) is 3.49. The van der Waals surface area contributed by atoms with E-state index >= 15 is 0 Å². The Labute approximate surface area is 71.2 Å². The highest BCUT2D eigenvalue weighted by atomic mass is 14.2. The first kappa shape index (κ1) is 8.90. The van der Waals surface area contributed by atoms with Gasteiger partial charge in [0.15, 0.2) is 0 Å². The number of rotatable bonds is 3. The Balaban J connectivity index is 2.39. The molecule has 0 spiro atoms. The average molecular weight is 150 g/mol. The lowest BCUT2D eigenvalue weighted by molar-refractivity contribution is 0.574. The van der Waals surface area contributed by atoms with Crippen molar-refractivity contribution in [3.63, 3.8) is 0 Å². The predicted molar refractivity (Wildman–Crippen MR) is 53.4 cm³/mol. The van der Waals surface area contributed by atoms with E-state index in [4.69, 9.17) is 0 Å². The molecule has 0 amide bonds. The summed E-state index contributed by atoms with van der Waals surface area (Å²) in [5.41, 5.74) is 0. The van der Waals surface area contributed by atoms with E-state index in [2.05, 4.69) is 39.7 Å². The third-order valence-electron chi connectivity index (χ3n) is 3.35. The van der Waals surface area contributed by atoms with Crippen LogP contribution in [0.1, 0.15) is 27.2 Å². The zero-order valence-corrected chi connectivity index (χ0v) is 8.17. The van der Waals surface area contributed by atoms with Crippen LogP contribution in [0.4, 0.5) is 0 Å². The Morgan fingerprint density at radius 3 is 2.18 bits per heavy atom. The van der Waals surface area contributed by atoms with Crippen LogP contribution in [0.3, 0.4) is 0 Å². The summed E-state index contributed by atoms with van der Waals surface area (Å²) in [5, 5.41) is 0. The SMILES string of the molecule is CB(C(C)C)C(C)C1C=CC1. The molecule has 0 aromatic rings. The standard InChI is InChI=1S/C10H19B/c1-8(2)11(4)9(3)10-6-5-7-10/h5-6,8-10H,7H2,1-4H3. The van der Waals surface area contributed by atoms with E-state index in [1.165, 1.54) is 6.42 Å². The fourth-order valence-electron chi connectivity index (χ4n) is 1.68. The van der Waals surface area contributed by atoms with Crippen molar-refractivity contribution in [2.45, 2.75) is 45.6 Å². The molecule has 2 unspecified atom stereocenters. The van der Waals surface area contributed by atoms with Crippen molar-refractivity contribution >= 4 is 6.71 Å². The highest BCUT2D eigenvalue weighted by Crippen LogP contribution is 2.35. The van der Waals surface area contributed by atoms with Crippen LogP contribution in [-0.2, 0) is 0 Å². The van der Waals surface area contributed by atoms with Crippen LogP contribution in [0.15, 0.2) is 12.2 Å². The molecule has 0 bridgehead atoms. The van der Waals surface area contributed by atoms with Crippen LogP contribution in [0.2, 0.25) is 18.5 Å². The first-order valence-electron chi connectivity index (χ1n) is 4.79. The number of hydrogen-bond acceptors (Lipinski definition) is 0. The van der Waals surface area contributed by atoms with Gasteiger partial charge in [-0.25, -0.2) is 0 Å². The Morgan fingerprint density at radius 2 is 1.91 bits per heavy atom. The maximum atomic E-state index is 2.39. The number of allylic oxidation sites excluding steroid dienone is 2. The molecule has 0 N–H and O–H groups in total. The largest absolute Gasteiger partial charge is 0.142 e. The topological polar surface area (TPSA) is 0 Å². The van der Waals surface area contributed by atoms with Crippen molar-refractivity contribution in [2.75, 3.05) is 0 Å². The Hall–Kier alpha value is -0.195. The Morgan fingerprint density at radius 1 is 1.36 bits per heavy atom. The summed E-state index contributed by atoms with van der Waals surface area (Å²) < 4.78 is 0. The first-order chi connectivity index (χ1) is 5.13. The van der Waals surface area contributed by atoms with Gasteiger partial charge in [0.05, 0.1) is 0 Å². The lowest BCUT2D eigenvalue weighted by Gasteiger charge is -2.30. The zero-order valence-electron chi connectivity index (χ0n) is 8.17. The molecule has 1 rings (SSSR count). The summed E-state index contributed by atoms with van der Waals surface area (Å²) in [5.74, 6) is 2.59. The van der Waals surface area contributed by atoms with Gasteiger partial charge >= 0.3 is 0 Å². The number of hydrogen-bond donors (Lipinski definition) is 0. The van der Waals surface area contributed by atoms with Gasteiger partial charge in [-0.1, -0.05) is 51.4 Å². The highest BCUT2D eigenvalue weighted by molar-refractivity contribution is 6.60. The molecule has 0 radical (unpaired) electrons. The minimum absolute atomic E-state index is 0.832. The summed E-state index contributed by atoms with van der Waals surface area (Å²) in [7, 11) is 0. The monoisotopic (exact) mass is 150 g/mol. The maximum Gasteiger partial charge on any atom is 0.142 e. The molecule has 62 valence electrons. The van der Waals surface area contributed by atoms with Gasteiger partial charge in [-0.15, -0.1) is 0 Å². The third-order valence-corrected chi connectivity index (χ3v) is 3.35. The second-order valence-electron chi connectivity index (χ2n) is 4.29. The average Bonchev–Trinajstić information content (AvgIpc) is 1.82. The lowest BCUT2D eigenvalue weighted by atomic mass is 9.34. The smallest absolute Gasteiger partial charge is 0.0877 e. The minimum Gasteiger partial charge on any atom is -0.0877 e. The zero-order chi connectivity index (χ0) is 8.43. The molecule has 0 heterocycles. The molecular formula is C10H19B. The molecule has 0 saturated heterocycles. The lowest BCUT2D eigenvalue weighted by Crippen LogP contribution is -2.25. The molecule has 0 fully saturated rings. The van der Waals surface area contributed by atoms with Crippen LogP contribution in [0, 0.1) is 5.92 Å². The fourth-order valence-corrected chi connectivity index (χ4v) is 1.68. The van der Waals surface area contributed by atoms with Gasteiger partial charge in [0.1, 0.15) is 6.71 Å². The molecule has 11 heavy (non-hydrogen) atoms. The van der Waals surface area contributed by atoms with E-state index in [0.717, 1.165) is 24.3 Å². The van der Waals surface area contributed by atoms with E-state index in [-0.39, 0.29) is 0 Å². The normalized spacial score (nSPS) is 25.0. The van der Waals surface area contributed by atoms with Crippen LogP contribution in [-0.4, -0.2) is 6.71 Å². The molecule has 0 aliphatic heterocycles. The van der Waals surface area contributed by atoms with Gasteiger partial charge in [-0.2, -0.15) is 0 Å². The van der Waals surface area contributed by atoms with Crippen molar-refractivity contribution in [1.82, 2.24) is 0 Å². The minimum atomic E-state index is 0.832. The quantitative estimate of drug-likeness (QED) is 0.426. The van der Waals surface area contributed by atoms with Crippen molar-refractivity contribution < 1.29 is 0 Å². The fraction of sp³-hybridized carbons (Fsp3) is 0.800. The molecule has 0 aromatic heterocycles. The van der Waals surface area contributed by atoms with Gasteiger partial charge in [0.25, 0.3) is 0 Å². The molecule has 0 aromatic carbocycles. The molecule has 0 nitrogen and oxygen atoms in total. The second-order valence-corrected chi connectivity index (χ2v) is 4.29. The van der Waals surface area contributed by atoms with Crippen LogP contribution in [0.5, 0.6) is 0 Å². The van der Waals surface area contributed by atoms with E-state index < -0.39 is 0 Å². The second kappa shape index (κ2) is 3.47. The molecule has 1 heteroatoms. The van der Waals surface area contributed by atoms with Gasteiger partial charge < -0.3 is 0 Å². The molecule has 1 aliphatic rings. The van der Waals surface area contributed by atoms with Gasteiger partial charge in [-0.05, 0) is 12.3 Å². The van der Waals surface area contributed by atoms with Crippen molar-refractivity contribution in [3.05, 3.63) is 12.2 Å². The summed E-state index contributed by atoms with van der Waals surface area (Å²) >= 11 is 0. The Kier molecular flexibility index (Phi) is 2.81. The van der Waals surface area contributed by atoms with E-state index in [1.807, 2.05) is 0 Å². The summed E-state index contributed by atoms with van der Waals surface area (Å²) in [6.45, 7) is 10.3. The van der Waals surface area contributed by atoms with Gasteiger partial charge in [0.2, 0.25) is 0 Å². The molecule has 2 atom stereocenters. The summed E-state index contributed by atoms with van der Waals surface area (Å²) in [6.07, 6.45) is 5.97. The van der Waals surface area contributed by atoms with Crippen molar-refractivity contribution in [1.29, 1.82) is 0 Å². The summed E-state index contributed by atoms with van der Waals surface area (Å²) in [4.78, 5) is 0. The first-order valence-corrected chi connectivity index (χ1v) is 4.79. The third kappa shape index (κ3) is 1.88. The van der Waals surface area contributed by atoms with E-state index in [0.29, 0.717) is 0 Å². The van der Waals surface area contributed by atoms with Crippen LogP contribution in [0.25, 0.3) is 0 Å². The van der Waals surface area contributed by atoms with E-state index in [1.54, 1.807) is 0 Å².